The molecule has 0 amide bonds. The first-order valence-corrected chi connectivity index (χ1v) is 7.43. The van der Waals surface area contributed by atoms with Gasteiger partial charge in [0.15, 0.2) is 11.5 Å². The molecule has 0 bridgehead atoms. The van der Waals surface area contributed by atoms with Gasteiger partial charge in [-0.3, -0.25) is 0 Å². The minimum absolute atomic E-state index is 0.509. The summed E-state index contributed by atoms with van der Waals surface area (Å²) in [7, 11) is 5.09. The van der Waals surface area contributed by atoms with Gasteiger partial charge in [0.05, 0.1) is 36.9 Å². The van der Waals surface area contributed by atoms with E-state index in [0.717, 1.165) is 22.4 Å². The Balaban J connectivity index is 2.09. The van der Waals surface area contributed by atoms with Crippen molar-refractivity contribution in [2.24, 2.45) is 7.05 Å². The van der Waals surface area contributed by atoms with Gasteiger partial charge < -0.3 is 14.0 Å². The molecular formula is C19H17N3O2. The zero-order valence-electron chi connectivity index (χ0n) is 13.8. The van der Waals surface area contributed by atoms with Crippen LogP contribution in [-0.4, -0.2) is 23.8 Å². The third-order valence-corrected chi connectivity index (χ3v) is 3.91. The highest BCUT2D eigenvalue weighted by Gasteiger charge is 2.10. The second-order valence-corrected chi connectivity index (χ2v) is 5.26. The summed E-state index contributed by atoms with van der Waals surface area (Å²) in [6, 6.07) is 15.5. The molecule has 3 rings (SSSR count). The Morgan fingerprint density at radius 3 is 2.54 bits per heavy atom. The number of allylic oxidation sites excluding steroid dienone is 1. The first kappa shape index (κ1) is 15.6. The monoisotopic (exact) mass is 319 g/mol. The summed E-state index contributed by atoms with van der Waals surface area (Å²) < 4.78 is 12.5. The Hall–Kier alpha value is -3.26. The smallest absolute Gasteiger partial charge is 0.161 e. The van der Waals surface area contributed by atoms with Crippen LogP contribution < -0.4 is 9.47 Å². The zero-order chi connectivity index (χ0) is 17.1. The van der Waals surface area contributed by atoms with Crippen LogP contribution in [-0.2, 0) is 7.05 Å². The number of hydrogen-bond acceptors (Lipinski definition) is 4. The summed E-state index contributed by atoms with van der Waals surface area (Å²) >= 11 is 0. The summed E-state index contributed by atoms with van der Waals surface area (Å²) in [6.45, 7) is 0. The van der Waals surface area contributed by atoms with Crippen LogP contribution in [0.4, 0.5) is 0 Å². The van der Waals surface area contributed by atoms with Gasteiger partial charge in [-0.25, -0.2) is 4.98 Å². The number of hydrogen-bond donors (Lipinski definition) is 0. The average molecular weight is 319 g/mol. The molecule has 0 saturated heterocycles. The lowest BCUT2D eigenvalue weighted by atomic mass is 10.1. The van der Waals surface area contributed by atoms with E-state index in [2.05, 4.69) is 11.1 Å². The highest BCUT2D eigenvalue weighted by atomic mass is 16.5. The minimum atomic E-state index is 0.509. The maximum atomic E-state index is 9.57. The van der Waals surface area contributed by atoms with E-state index in [9.17, 15) is 5.26 Å². The third kappa shape index (κ3) is 2.70. The predicted molar refractivity (Wildman–Crippen MR) is 93.7 cm³/mol. The fourth-order valence-electron chi connectivity index (χ4n) is 2.61. The normalized spacial score (nSPS) is 11.3. The Bertz CT molecular complexity index is 964. The summed E-state index contributed by atoms with van der Waals surface area (Å²) in [4.78, 5) is 4.58. The number of methoxy groups -OCH3 is 2. The van der Waals surface area contributed by atoms with Gasteiger partial charge in [0, 0.05) is 7.05 Å². The molecule has 0 radical (unpaired) electrons. The quantitative estimate of drug-likeness (QED) is 0.689. The van der Waals surface area contributed by atoms with Crippen molar-refractivity contribution < 1.29 is 9.47 Å². The molecule has 1 heterocycles. The van der Waals surface area contributed by atoms with E-state index >= 15 is 0 Å². The molecule has 0 spiro atoms. The molecule has 120 valence electrons. The molecule has 0 aliphatic heterocycles. The lowest BCUT2D eigenvalue weighted by Crippen LogP contribution is -1.94. The summed E-state index contributed by atoms with van der Waals surface area (Å²) in [5, 5.41) is 9.57. The number of nitriles is 1. The number of benzene rings is 2. The number of rotatable bonds is 4. The Morgan fingerprint density at radius 1 is 1.12 bits per heavy atom. The van der Waals surface area contributed by atoms with Crippen molar-refractivity contribution in [3.63, 3.8) is 0 Å². The summed E-state index contributed by atoms with van der Waals surface area (Å²) in [5.41, 5.74) is 3.18. The van der Waals surface area contributed by atoms with E-state index in [1.54, 1.807) is 32.4 Å². The lowest BCUT2D eigenvalue weighted by molar-refractivity contribution is 0.355. The van der Waals surface area contributed by atoms with Crippen LogP contribution in [0.1, 0.15) is 11.4 Å². The Labute approximate surface area is 140 Å². The first-order valence-electron chi connectivity index (χ1n) is 7.43. The Morgan fingerprint density at radius 2 is 1.88 bits per heavy atom. The van der Waals surface area contributed by atoms with Crippen molar-refractivity contribution >= 4 is 22.7 Å². The number of aryl methyl sites for hydroxylation is 1. The van der Waals surface area contributed by atoms with E-state index in [4.69, 9.17) is 9.47 Å². The first-order chi connectivity index (χ1) is 11.7. The van der Waals surface area contributed by atoms with Crippen molar-refractivity contribution in [2.75, 3.05) is 14.2 Å². The number of fused-ring (bicyclic) bond motifs is 1. The summed E-state index contributed by atoms with van der Waals surface area (Å²) in [5.74, 6) is 1.94. The molecule has 1 aromatic heterocycles. The van der Waals surface area contributed by atoms with E-state index in [0.29, 0.717) is 17.1 Å². The van der Waals surface area contributed by atoms with Crippen LogP contribution in [0.2, 0.25) is 0 Å². The molecule has 3 aromatic rings. The summed E-state index contributed by atoms with van der Waals surface area (Å²) in [6.07, 6.45) is 1.78. The van der Waals surface area contributed by atoms with Crippen LogP contribution in [0.25, 0.3) is 22.7 Å². The van der Waals surface area contributed by atoms with Crippen LogP contribution in [0.5, 0.6) is 11.5 Å². The maximum absolute atomic E-state index is 9.57. The molecule has 2 aromatic carbocycles. The number of aromatic nitrogens is 2. The lowest BCUT2D eigenvalue weighted by Gasteiger charge is -2.09. The van der Waals surface area contributed by atoms with Crippen molar-refractivity contribution in [2.45, 2.75) is 0 Å². The van der Waals surface area contributed by atoms with E-state index < -0.39 is 0 Å². The fraction of sp³-hybridized carbons (Fsp3) is 0.158. The van der Waals surface area contributed by atoms with Gasteiger partial charge in [-0.2, -0.15) is 5.26 Å². The van der Waals surface area contributed by atoms with E-state index in [-0.39, 0.29) is 0 Å². The second-order valence-electron chi connectivity index (χ2n) is 5.26. The second kappa shape index (κ2) is 6.47. The molecule has 0 fully saturated rings. The molecule has 0 aliphatic rings. The van der Waals surface area contributed by atoms with Crippen molar-refractivity contribution in [3.05, 3.63) is 53.9 Å². The van der Waals surface area contributed by atoms with Gasteiger partial charge in [0.2, 0.25) is 0 Å². The predicted octanol–water partition coefficient (Wildman–Crippen LogP) is 3.65. The molecule has 0 aliphatic carbocycles. The number of para-hydroxylation sites is 2. The van der Waals surface area contributed by atoms with Gasteiger partial charge in [0.1, 0.15) is 5.82 Å². The Kier molecular flexibility index (Phi) is 4.21. The SMILES string of the molecule is COc1ccc(C(C#N)=Cc2nc3ccccc3n2C)cc1OC. The van der Waals surface area contributed by atoms with Gasteiger partial charge in [-0.15, -0.1) is 0 Å². The van der Waals surface area contributed by atoms with Gasteiger partial charge in [-0.1, -0.05) is 12.1 Å². The molecule has 0 unspecified atom stereocenters. The topological polar surface area (TPSA) is 60.1 Å². The van der Waals surface area contributed by atoms with Gasteiger partial charge in [0.25, 0.3) is 0 Å². The van der Waals surface area contributed by atoms with Gasteiger partial charge >= 0.3 is 0 Å². The number of nitrogens with zero attached hydrogens (tertiary/aromatic N) is 3. The minimum Gasteiger partial charge on any atom is -0.493 e. The average Bonchev–Trinajstić information content (AvgIpc) is 2.95. The van der Waals surface area contributed by atoms with Crippen molar-refractivity contribution in [3.8, 4) is 17.6 Å². The van der Waals surface area contributed by atoms with E-state index in [1.807, 2.05) is 41.9 Å². The standard InChI is InChI=1S/C19H17N3O2/c1-22-16-7-5-4-6-15(16)21-19(22)11-14(12-20)13-8-9-17(23-2)18(10-13)24-3/h4-11H,1-3H3. The van der Waals surface area contributed by atoms with Crippen LogP contribution in [0.15, 0.2) is 42.5 Å². The fourth-order valence-corrected chi connectivity index (χ4v) is 2.61. The molecule has 0 saturated carbocycles. The van der Waals surface area contributed by atoms with Crippen LogP contribution >= 0.6 is 0 Å². The molecular weight excluding hydrogens is 302 g/mol. The molecule has 5 nitrogen and oxygen atoms in total. The zero-order valence-corrected chi connectivity index (χ0v) is 13.8. The van der Waals surface area contributed by atoms with Gasteiger partial charge in [-0.05, 0) is 42.0 Å². The molecule has 5 heteroatoms. The molecule has 24 heavy (non-hydrogen) atoms. The third-order valence-electron chi connectivity index (χ3n) is 3.91. The molecule has 0 atom stereocenters. The van der Waals surface area contributed by atoms with Crippen molar-refractivity contribution in [1.29, 1.82) is 5.26 Å². The van der Waals surface area contributed by atoms with Crippen LogP contribution in [0.3, 0.4) is 0 Å². The number of imidazole rings is 1. The number of ether oxygens (including phenoxy) is 2. The highest BCUT2D eigenvalue weighted by molar-refractivity contribution is 5.90. The van der Waals surface area contributed by atoms with Crippen LogP contribution in [0, 0.1) is 11.3 Å². The molecule has 0 N–H and O–H groups in total. The maximum Gasteiger partial charge on any atom is 0.161 e. The largest absolute Gasteiger partial charge is 0.493 e. The highest BCUT2D eigenvalue weighted by Crippen LogP contribution is 2.31. The van der Waals surface area contributed by atoms with E-state index in [1.165, 1.54) is 0 Å². The van der Waals surface area contributed by atoms with Crippen molar-refractivity contribution in [1.82, 2.24) is 9.55 Å².